The minimum Gasteiger partial charge on any atom is -0.494 e. The van der Waals surface area contributed by atoms with Crippen molar-refractivity contribution in [3.8, 4) is 11.5 Å². The molecule has 0 saturated heterocycles. The Morgan fingerprint density at radius 3 is 2.66 bits per heavy atom. The SMILES string of the molecule is C=CCn1c(SCC(=O)Nc2ccc(OCC)cc2)nnc1C(C)Oc1ccccc1C. The second-order valence-corrected chi connectivity index (χ2v) is 8.00. The van der Waals surface area contributed by atoms with E-state index >= 15 is 0 Å². The van der Waals surface area contributed by atoms with E-state index in [0.717, 1.165) is 17.1 Å². The Morgan fingerprint density at radius 2 is 1.97 bits per heavy atom. The molecular formula is C24H28N4O3S. The molecule has 168 valence electrons. The molecule has 32 heavy (non-hydrogen) atoms. The van der Waals surface area contributed by atoms with Gasteiger partial charge in [-0.05, 0) is 56.7 Å². The molecule has 2 aromatic carbocycles. The van der Waals surface area contributed by atoms with Gasteiger partial charge in [-0.1, -0.05) is 36.0 Å². The van der Waals surface area contributed by atoms with Crippen LogP contribution in [0.3, 0.4) is 0 Å². The predicted octanol–water partition coefficient (Wildman–Crippen LogP) is 5.04. The van der Waals surface area contributed by atoms with Crippen LogP contribution in [0.4, 0.5) is 5.69 Å². The van der Waals surface area contributed by atoms with E-state index in [1.54, 1.807) is 6.08 Å². The number of benzene rings is 2. The number of carbonyl (C=O) groups excluding carboxylic acids is 1. The molecule has 7 nitrogen and oxygen atoms in total. The molecule has 1 amide bonds. The molecular weight excluding hydrogens is 424 g/mol. The zero-order valence-corrected chi connectivity index (χ0v) is 19.4. The lowest BCUT2D eigenvalue weighted by Gasteiger charge is -2.17. The van der Waals surface area contributed by atoms with Crippen molar-refractivity contribution >= 4 is 23.4 Å². The first-order valence-corrected chi connectivity index (χ1v) is 11.4. The van der Waals surface area contributed by atoms with E-state index in [2.05, 4.69) is 22.1 Å². The Morgan fingerprint density at radius 1 is 1.22 bits per heavy atom. The van der Waals surface area contributed by atoms with Gasteiger partial charge in [-0.2, -0.15) is 0 Å². The average Bonchev–Trinajstić information content (AvgIpc) is 3.18. The number of anilines is 1. The highest BCUT2D eigenvalue weighted by molar-refractivity contribution is 7.99. The molecule has 1 N–H and O–H groups in total. The molecule has 0 bridgehead atoms. The van der Waals surface area contributed by atoms with Gasteiger partial charge >= 0.3 is 0 Å². The zero-order chi connectivity index (χ0) is 22.9. The number of rotatable bonds is 11. The Kier molecular flexibility index (Phi) is 8.33. The maximum Gasteiger partial charge on any atom is 0.234 e. The highest BCUT2D eigenvalue weighted by atomic mass is 32.2. The third-order valence-corrected chi connectivity index (χ3v) is 5.57. The molecule has 0 saturated carbocycles. The number of ether oxygens (including phenoxy) is 2. The summed E-state index contributed by atoms with van der Waals surface area (Å²) in [5.74, 6) is 2.33. The Labute approximate surface area is 192 Å². The fourth-order valence-electron chi connectivity index (χ4n) is 3.07. The first-order chi connectivity index (χ1) is 15.5. The monoisotopic (exact) mass is 452 g/mol. The Balaban J connectivity index is 1.63. The molecule has 3 rings (SSSR count). The molecule has 1 heterocycles. The van der Waals surface area contributed by atoms with E-state index in [1.807, 2.05) is 73.9 Å². The van der Waals surface area contributed by atoms with Gasteiger partial charge < -0.3 is 14.8 Å². The molecule has 0 aliphatic heterocycles. The fourth-order valence-corrected chi connectivity index (χ4v) is 3.82. The number of aromatic nitrogens is 3. The van der Waals surface area contributed by atoms with E-state index in [4.69, 9.17) is 9.47 Å². The molecule has 3 aromatic rings. The van der Waals surface area contributed by atoms with Gasteiger partial charge in [-0.15, -0.1) is 16.8 Å². The molecule has 0 aliphatic rings. The standard InChI is InChI=1S/C24H28N4O3S/c1-5-15-28-23(18(4)31-21-10-8-7-9-17(21)3)26-27-24(28)32-16-22(29)25-19-11-13-20(14-12-19)30-6-2/h5,7-14,18H,1,6,15-16H2,2-4H3,(H,25,29). The summed E-state index contributed by atoms with van der Waals surface area (Å²) in [6.07, 6.45) is 1.47. The van der Waals surface area contributed by atoms with Crippen molar-refractivity contribution in [2.45, 2.75) is 38.6 Å². The topological polar surface area (TPSA) is 78.3 Å². The number of nitrogens with zero attached hydrogens (tertiary/aromatic N) is 3. The molecule has 0 fully saturated rings. The van der Waals surface area contributed by atoms with E-state index < -0.39 is 0 Å². The Bertz CT molecular complexity index is 1050. The van der Waals surface area contributed by atoms with Crippen LogP contribution in [0, 0.1) is 6.92 Å². The van der Waals surface area contributed by atoms with Gasteiger partial charge in [0.1, 0.15) is 11.5 Å². The number of aryl methyl sites for hydroxylation is 1. The summed E-state index contributed by atoms with van der Waals surface area (Å²) >= 11 is 1.32. The van der Waals surface area contributed by atoms with Gasteiger partial charge in [0.05, 0.1) is 12.4 Å². The number of thioether (sulfide) groups is 1. The van der Waals surface area contributed by atoms with Crippen molar-refractivity contribution in [2.75, 3.05) is 17.7 Å². The van der Waals surface area contributed by atoms with Crippen LogP contribution in [0.5, 0.6) is 11.5 Å². The summed E-state index contributed by atoms with van der Waals surface area (Å²) in [5.41, 5.74) is 1.77. The van der Waals surface area contributed by atoms with Crippen LogP contribution >= 0.6 is 11.8 Å². The van der Waals surface area contributed by atoms with Gasteiger partial charge in [-0.25, -0.2) is 0 Å². The second kappa shape index (κ2) is 11.4. The first kappa shape index (κ1) is 23.4. The molecule has 8 heteroatoms. The lowest BCUT2D eigenvalue weighted by Crippen LogP contribution is -2.15. The number of hydrogen-bond donors (Lipinski definition) is 1. The van der Waals surface area contributed by atoms with Crippen molar-refractivity contribution in [2.24, 2.45) is 0 Å². The average molecular weight is 453 g/mol. The van der Waals surface area contributed by atoms with Crippen LogP contribution in [0.2, 0.25) is 0 Å². The molecule has 0 radical (unpaired) electrons. The van der Waals surface area contributed by atoms with E-state index in [-0.39, 0.29) is 17.8 Å². The lowest BCUT2D eigenvalue weighted by molar-refractivity contribution is -0.113. The smallest absolute Gasteiger partial charge is 0.234 e. The third-order valence-electron chi connectivity index (χ3n) is 4.60. The molecule has 0 spiro atoms. The van der Waals surface area contributed by atoms with Crippen molar-refractivity contribution in [3.05, 3.63) is 72.6 Å². The highest BCUT2D eigenvalue weighted by Gasteiger charge is 2.20. The van der Waals surface area contributed by atoms with Gasteiger partial charge in [0.25, 0.3) is 0 Å². The van der Waals surface area contributed by atoms with Crippen LogP contribution < -0.4 is 14.8 Å². The highest BCUT2D eigenvalue weighted by Crippen LogP contribution is 2.26. The summed E-state index contributed by atoms with van der Waals surface area (Å²) in [6, 6.07) is 15.1. The summed E-state index contributed by atoms with van der Waals surface area (Å²) in [7, 11) is 0. The lowest BCUT2D eigenvalue weighted by atomic mass is 10.2. The quantitative estimate of drug-likeness (QED) is 0.324. The number of amides is 1. The van der Waals surface area contributed by atoms with E-state index in [9.17, 15) is 4.79 Å². The normalized spacial score (nSPS) is 11.6. The van der Waals surface area contributed by atoms with Crippen LogP contribution in [0.15, 0.2) is 66.3 Å². The molecule has 1 atom stereocenters. The van der Waals surface area contributed by atoms with E-state index in [0.29, 0.717) is 29.8 Å². The third kappa shape index (κ3) is 6.13. The minimum atomic E-state index is -0.310. The van der Waals surface area contributed by atoms with Crippen molar-refractivity contribution in [1.82, 2.24) is 14.8 Å². The zero-order valence-electron chi connectivity index (χ0n) is 18.6. The number of allylic oxidation sites excluding steroid dienone is 1. The van der Waals surface area contributed by atoms with Gasteiger partial charge in [-0.3, -0.25) is 9.36 Å². The maximum atomic E-state index is 12.4. The van der Waals surface area contributed by atoms with E-state index in [1.165, 1.54) is 11.8 Å². The van der Waals surface area contributed by atoms with Crippen LogP contribution in [0.25, 0.3) is 0 Å². The Hall–Kier alpha value is -3.26. The maximum absolute atomic E-state index is 12.4. The van der Waals surface area contributed by atoms with Crippen LogP contribution in [-0.2, 0) is 11.3 Å². The first-order valence-electron chi connectivity index (χ1n) is 10.4. The summed E-state index contributed by atoms with van der Waals surface area (Å²) in [6.45, 7) is 10.8. The van der Waals surface area contributed by atoms with Crippen molar-refractivity contribution < 1.29 is 14.3 Å². The van der Waals surface area contributed by atoms with Gasteiger partial charge in [0.2, 0.25) is 5.91 Å². The summed E-state index contributed by atoms with van der Waals surface area (Å²) in [5, 5.41) is 12.1. The summed E-state index contributed by atoms with van der Waals surface area (Å²) in [4.78, 5) is 12.4. The van der Waals surface area contributed by atoms with Crippen LogP contribution in [-0.4, -0.2) is 33.0 Å². The second-order valence-electron chi connectivity index (χ2n) is 7.06. The number of para-hydroxylation sites is 1. The van der Waals surface area contributed by atoms with Crippen LogP contribution in [0.1, 0.15) is 31.3 Å². The van der Waals surface area contributed by atoms with Crippen molar-refractivity contribution in [1.29, 1.82) is 0 Å². The fraction of sp³-hybridized carbons (Fsp3) is 0.292. The molecule has 0 aliphatic carbocycles. The minimum absolute atomic E-state index is 0.127. The van der Waals surface area contributed by atoms with Gasteiger partial charge in [0.15, 0.2) is 17.1 Å². The predicted molar refractivity (Wildman–Crippen MR) is 127 cm³/mol. The number of nitrogens with one attached hydrogen (secondary N) is 1. The summed E-state index contributed by atoms with van der Waals surface area (Å²) < 4.78 is 13.4. The molecule has 1 unspecified atom stereocenters. The van der Waals surface area contributed by atoms with Gasteiger partial charge in [0, 0.05) is 12.2 Å². The largest absolute Gasteiger partial charge is 0.494 e. The number of hydrogen-bond acceptors (Lipinski definition) is 6. The molecule has 1 aromatic heterocycles. The van der Waals surface area contributed by atoms with Crippen molar-refractivity contribution in [3.63, 3.8) is 0 Å². The number of carbonyl (C=O) groups is 1.